The Hall–Kier alpha value is 0.259. The zero-order valence-corrected chi connectivity index (χ0v) is 37.3. The zero-order chi connectivity index (χ0) is 35.8. The van der Waals surface area contributed by atoms with Crippen LogP contribution in [0.2, 0.25) is 0 Å². The Labute approximate surface area is 311 Å². The second-order valence-electron chi connectivity index (χ2n) is 13.2. The molecule has 0 fully saturated rings. The van der Waals surface area contributed by atoms with Gasteiger partial charge in [0.05, 0.1) is 0 Å². The van der Waals surface area contributed by atoms with Gasteiger partial charge in [-0.1, -0.05) is 0 Å². The van der Waals surface area contributed by atoms with Crippen molar-refractivity contribution in [2.24, 2.45) is 17.8 Å². The fourth-order valence-electron chi connectivity index (χ4n) is 5.29. The van der Waals surface area contributed by atoms with Crippen LogP contribution in [0.3, 0.4) is 0 Å². The third-order valence-corrected chi connectivity index (χ3v) is 35.1. The van der Waals surface area contributed by atoms with Gasteiger partial charge >= 0.3 is 314 Å². The minimum atomic E-state index is -2.62. The Morgan fingerprint density at radius 1 is 0.500 bits per heavy atom. The maximum absolute atomic E-state index is 13.6. The molecule has 6 nitrogen and oxygen atoms in total. The first kappa shape index (κ1) is 48.3. The van der Waals surface area contributed by atoms with E-state index in [0.717, 1.165) is 96.3 Å². The molecule has 0 aromatic carbocycles. The molecule has 0 aliphatic rings. The van der Waals surface area contributed by atoms with Crippen LogP contribution >= 0.6 is 26.8 Å². The van der Waals surface area contributed by atoms with Gasteiger partial charge in [0, 0.05) is 0 Å². The van der Waals surface area contributed by atoms with Gasteiger partial charge in [-0.05, 0) is 0 Å². The van der Waals surface area contributed by atoms with E-state index in [9.17, 15) is 14.4 Å². The summed E-state index contributed by atoms with van der Waals surface area (Å²) < 4.78 is 17.4. The predicted octanol–water partition coefficient (Wildman–Crippen LogP) is 11.6. The normalized spacial score (nSPS) is 14.0. The first-order valence-electron chi connectivity index (χ1n) is 19.5. The number of carbonyl (C=O) groups is 3. The summed E-state index contributed by atoms with van der Waals surface area (Å²) in [6.07, 6.45) is 20.9. The van der Waals surface area contributed by atoms with Gasteiger partial charge in [0.2, 0.25) is 0 Å². The van der Waals surface area contributed by atoms with Crippen LogP contribution in [0.25, 0.3) is 0 Å². The van der Waals surface area contributed by atoms with E-state index in [1.165, 1.54) is 25.7 Å². The Bertz CT molecular complexity index is 754. The molecule has 0 aliphatic heterocycles. The Balaban J connectivity index is 5.56. The molecule has 0 bridgehead atoms. The Morgan fingerprint density at radius 3 is 1.31 bits per heavy atom. The fraction of sp³-hybridized carbons (Fsp3) is 0.921. The number of carbonyl (C=O) groups excluding carboxylic acids is 3. The third kappa shape index (κ3) is 27.0. The molecule has 4 unspecified atom stereocenters. The van der Waals surface area contributed by atoms with Gasteiger partial charge in [-0.25, -0.2) is 0 Å². The van der Waals surface area contributed by atoms with Crippen LogP contribution in [0.15, 0.2) is 0 Å². The van der Waals surface area contributed by atoms with Gasteiger partial charge in [-0.2, -0.15) is 0 Å². The second kappa shape index (κ2) is 34.4. The van der Waals surface area contributed by atoms with Crippen molar-refractivity contribution in [2.75, 3.05) is 31.3 Å². The second-order valence-corrected chi connectivity index (χ2v) is 37.0. The van der Waals surface area contributed by atoms with Crippen molar-refractivity contribution in [2.45, 2.75) is 176 Å². The summed E-state index contributed by atoms with van der Waals surface area (Å²) in [5.74, 6) is 1.27. The first-order valence-corrected chi connectivity index (χ1v) is 32.9. The molecule has 0 aromatic heterocycles. The molecule has 0 heterocycles. The molecule has 0 N–H and O–H groups in total. The molecule has 0 saturated heterocycles. The number of hydrogen-bond donors (Lipinski definition) is 0. The van der Waals surface area contributed by atoms with E-state index < -0.39 is 15.6 Å². The van der Waals surface area contributed by atoms with Gasteiger partial charge < -0.3 is 0 Å². The van der Waals surface area contributed by atoms with Crippen molar-refractivity contribution in [3.8, 4) is 0 Å². The number of esters is 3. The van der Waals surface area contributed by atoms with E-state index in [1.54, 1.807) is 26.8 Å². The molecular weight excluding hydrogens is 767 g/mol. The van der Waals surface area contributed by atoms with Gasteiger partial charge in [-0.15, -0.1) is 0 Å². The molecular formula is C38H73O6S3Sn. The molecule has 283 valence electrons. The molecule has 0 rings (SSSR count). The van der Waals surface area contributed by atoms with Gasteiger partial charge in [0.25, 0.3) is 0 Å². The summed E-state index contributed by atoms with van der Waals surface area (Å²) in [7, 11) is 5.05. The molecule has 0 saturated carbocycles. The molecule has 48 heavy (non-hydrogen) atoms. The van der Waals surface area contributed by atoms with E-state index in [-0.39, 0.29) is 34.7 Å². The summed E-state index contributed by atoms with van der Waals surface area (Å²) in [6.45, 7) is 16.7. The first-order chi connectivity index (χ1) is 23.3. The zero-order valence-electron chi connectivity index (χ0n) is 32.0. The fourth-order valence-corrected chi connectivity index (χ4v) is 30.4. The molecule has 0 aromatic rings. The van der Waals surface area contributed by atoms with E-state index in [0.29, 0.717) is 37.6 Å². The standard InChI is InChI=1S/C18H36O2S.2C10H20O2S.Sn/c1-4-7-9-10-11-12-14-17(21)18(19)20-15-16(6-3)13-8-5-2;2*1-3-5-6-9(4-2)7-12-10(11)8-13;/h16-17,21H,4-15H2,1-3H3;2*9,13H,3-8H2,1-2H3;/q;;;+3/p-3. The average Bonchev–Trinajstić information content (AvgIpc) is 3.10. The molecule has 0 aliphatic carbocycles. The molecule has 0 amide bonds. The Morgan fingerprint density at radius 2 is 0.896 bits per heavy atom. The van der Waals surface area contributed by atoms with Crippen LogP contribution in [0, 0.1) is 17.8 Å². The van der Waals surface area contributed by atoms with Gasteiger partial charge in [0.1, 0.15) is 0 Å². The summed E-state index contributed by atoms with van der Waals surface area (Å²) in [5, 5.41) is -0.252. The van der Waals surface area contributed by atoms with Gasteiger partial charge in [-0.3, -0.25) is 0 Å². The topological polar surface area (TPSA) is 78.9 Å². The molecule has 0 spiro atoms. The quantitative estimate of drug-likeness (QED) is 0.0272. The van der Waals surface area contributed by atoms with Crippen molar-refractivity contribution in [3.05, 3.63) is 0 Å². The van der Waals surface area contributed by atoms with Crippen molar-refractivity contribution < 1.29 is 28.6 Å². The number of ether oxygens (including phenoxy) is 3. The van der Waals surface area contributed by atoms with Crippen molar-refractivity contribution in [1.29, 1.82) is 0 Å². The van der Waals surface area contributed by atoms with Crippen molar-refractivity contribution in [1.82, 2.24) is 0 Å². The van der Waals surface area contributed by atoms with E-state index in [2.05, 4.69) is 48.5 Å². The van der Waals surface area contributed by atoms with Crippen LogP contribution in [0.1, 0.15) is 170 Å². The van der Waals surface area contributed by atoms with Crippen LogP contribution < -0.4 is 0 Å². The summed E-state index contributed by atoms with van der Waals surface area (Å²) in [4.78, 5) is 39.3. The predicted molar refractivity (Wildman–Crippen MR) is 213 cm³/mol. The van der Waals surface area contributed by atoms with E-state index >= 15 is 0 Å². The van der Waals surface area contributed by atoms with Gasteiger partial charge in [0.15, 0.2) is 0 Å². The number of unbranched alkanes of at least 4 members (excludes halogenated alkanes) is 8. The summed E-state index contributed by atoms with van der Waals surface area (Å²) >= 11 is -2.62. The summed E-state index contributed by atoms with van der Waals surface area (Å²) in [6, 6.07) is 0. The van der Waals surface area contributed by atoms with Crippen LogP contribution in [0.4, 0.5) is 0 Å². The number of hydrogen-bond acceptors (Lipinski definition) is 9. The molecule has 1 radical (unpaired) electrons. The van der Waals surface area contributed by atoms with Crippen LogP contribution in [0.5, 0.6) is 0 Å². The Kier molecular flexibility index (Phi) is 34.5. The van der Waals surface area contributed by atoms with Crippen molar-refractivity contribution >= 4 is 60.4 Å². The van der Waals surface area contributed by atoms with E-state index in [4.69, 9.17) is 14.2 Å². The monoisotopic (exact) mass is 841 g/mol. The SMILES string of the molecule is CCCCCCCCC([S][Sn]([S]CC(=O)OCC(CC)CCCC)[S]CC(=O)OCC(CC)CCCC)C(=O)OCC(CC)CCCC. The summed E-state index contributed by atoms with van der Waals surface area (Å²) in [5.41, 5.74) is 0. The average molecular weight is 841 g/mol. The van der Waals surface area contributed by atoms with Crippen LogP contribution in [-0.2, 0) is 28.6 Å². The molecule has 4 atom stereocenters. The van der Waals surface area contributed by atoms with Crippen molar-refractivity contribution in [3.63, 3.8) is 0 Å². The molecule has 10 heteroatoms. The van der Waals surface area contributed by atoms with Crippen LogP contribution in [-0.4, -0.2) is 70.1 Å². The third-order valence-electron chi connectivity index (χ3n) is 8.99. The number of rotatable bonds is 34. The van der Waals surface area contributed by atoms with E-state index in [1.807, 2.05) is 0 Å². The maximum atomic E-state index is 13.6. The minimum absolute atomic E-state index is 0.114.